The van der Waals surface area contributed by atoms with E-state index in [9.17, 15) is 9.90 Å². The second-order valence-electron chi connectivity index (χ2n) is 7.36. The van der Waals surface area contributed by atoms with Crippen molar-refractivity contribution in [2.45, 2.75) is 32.6 Å². The van der Waals surface area contributed by atoms with Crippen LogP contribution in [0.25, 0.3) is 5.57 Å². The number of aliphatic hydroxyl groups is 1. The number of hydrogen-bond donors (Lipinski definition) is 1. The van der Waals surface area contributed by atoms with Gasteiger partial charge < -0.3 is 9.84 Å². The molecule has 0 amide bonds. The SMILES string of the molecule is CCc1ccc(Oc2ccc(C#N)c(Cl)c2)cc1C1=C(O)[C@H]2CC[C@H](C2)C1=O. The third-order valence-electron chi connectivity index (χ3n) is 5.72. The van der Waals surface area contributed by atoms with Crippen molar-refractivity contribution < 1.29 is 14.6 Å². The highest BCUT2D eigenvalue weighted by molar-refractivity contribution is 6.31. The molecule has 4 rings (SSSR count). The first-order valence-electron chi connectivity index (χ1n) is 9.50. The van der Waals surface area contributed by atoms with Crippen LogP contribution >= 0.6 is 11.6 Å². The standard InChI is InChI=1S/C23H20ClNO3/c1-2-13-5-7-17(28-18-8-6-16(12-25)20(24)11-18)10-19(13)21-22(26)14-3-4-15(9-14)23(21)27/h5-8,10-11,14-15,26H,2-4,9H2,1H3/t14-,15+/m0/s1. The van der Waals surface area contributed by atoms with Gasteiger partial charge in [0.25, 0.3) is 0 Å². The predicted octanol–water partition coefficient (Wildman–Crippen LogP) is 5.83. The van der Waals surface area contributed by atoms with E-state index in [1.54, 1.807) is 18.2 Å². The molecule has 2 aliphatic rings. The summed E-state index contributed by atoms with van der Waals surface area (Å²) in [4.78, 5) is 12.9. The molecule has 1 saturated carbocycles. The summed E-state index contributed by atoms with van der Waals surface area (Å²) in [5, 5.41) is 20.1. The molecule has 5 heteroatoms. The van der Waals surface area contributed by atoms with E-state index < -0.39 is 0 Å². The molecule has 2 aromatic rings. The van der Waals surface area contributed by atoms with Gasteiger partial charge in [-0.05, 0) is 61.1 Å². The van der Waals surface area contributed by atoms with Crippen LogP contribution in [0.3, 0.4) is 0 Å². The number of nitrogens with zero attached hydrogens (tertiary/aromatic N) is 1. The minimum Gasteiger partial charge on any atom is -0.511 e. The molecule has 142 valence electrons. The van der Waals surface area contributed by atoms with Crippen molar-refractivity contribution in [2.75, 3.05) is 0 Å². The maximum atomic E-state index is 12.9. The minimum atomic E-state index is 0.0162. The molecule has 0 unspecified atom stereocenters. The lowest BCUT2D eigenvalue weighted by Crippen LogP contribution is -2.21. The highest BCUT2D eigenvalue weighted by atomic mass is 35.5. The number of nitriles is 1. The molecule has 0 heterocycles. The Bertz CT molecular complexity index is 1030. The summed E-state index contributed by atoms with van der Waals surface area (Å²) >= 11 is 6.09. The molecule has 4 nitrogen and oxygen atoms in total. The summed E-state index contributed by atoms with van der Waals surface area (Å²) in [6.45, 7) is 2.03. The summed E-state index contributed by atoms with van der Waals surface area (Å²) in [7, 11) is 0. The van der Waals surface area contributed by atoms with Crippen molar-refractivity contribution in [3.05, 3.63) is 63.9 Å². The molecular weight excluding hydrogens is 374 g/mol. The zero-order valence-electron chi connectivity index (χ0n) is 15.5. The number of aliphatic hydroxyl groups excluding tert-OH is 1. The molecule has 28 heavy (non-hydrogen) atoms. The zero-order chi connectivity index (χ0) is 19.8. The van der Waals surface area contributed by atoms with Gasteiger partial charge in [-0.15, -0.1) is 0 Å². The lowest BCUT2D eigenvalue weighted by molar-refractivity contribution is -0.117. The third kappa shape index (κ3) is 3.16. The number of allylic oxidation sites excluding steroid dienone is 2. The molecule has 0 spiro atoms. The van der Waals surface area contributed by atoms with Crippen molar-refractivity contribution in [3.8, 4) is 17.6 Å². The number of carbonyl (C=O) groups excluding carboxylic acids is 1. The van der Waals surface area contributed by atoms with Gasteiger partial charge in [-0.3, -0.25) is 4.79 Å². The number of fused-ring (bicyclic) bond motifs is 2. The van der Waals surface area contributed by atoms with E-state index in [0.29, 0.717) is 27.7 Å². The summed E-state index contributed by atoms with van der Waals surface area (Å²) < 4.78 is 5.92. The van der Waals surface area contributed by atoms with E-state index in [1.165, 1.54) is 0 Å². The molecule has 0 aromatic heterocycles. The Morgan fingerprint density at radius 3 is 2.61 bits per heavy atom. The van der Waals surface area contributed by atoms with Crippen LogP contribution in [0.2, 0.25) is 5.02 Å². The van der Waals surface area contributed by atoms with E-state index in [1.807, 2.05) is 31.2 Å². The van der Waals surface area contributed by atoms with Crippen molar-refractivity contribution in [1.29, 1.82) is 5.26 Å². The molecule has 2 bridgehead atoms. The van der Waals surface area contributed by atoms with Gasteiger partial charge in [-0.1, -0.05) is 24.6 Å². The lowest BCUT2D eigenvalue weighted by Gasteiger charge is -2.23. The topological polar surface area (TPSA) is 70.3 Å². The Hall–Kier alpha value is -2.77. The van der Waals surface area contributed by atoms with Crippen molar-refractivity contribution in [2.24, 2.45) is 11.8 Å². The van der Waals surface area contributed by atoms with Crippen LogP contribution in [0.1, 0.15) is 42.9 Å². The Kier molecular flexibility index (Phi) is 4.87. The van der Waals surface area contributed by atoms with Crippen LogP contribution in [-0.4, -0.2) is 10.9 Å². The van der Waals surface area contributed by atoms with Crippen LogP contribution < -0.4 is 4.74 Å². The smallest absolute Gasteiger partial charge is 0.169 e. The molecule has 2 aromatic carbocycles. The van der Waals surface area contributed by atoms with Gasteiger partial charge >= 0.3 is 0 Å². The van der Waals surface area contributed by atoms with Crippen LogP contribution in [0.15, 0.2) is 42.2 Å². The number of benzene rings is 2. The molecule has 1 N–H and O–H groups in total. The Balaban J connectivity index is 1.73. The van der Waals surface area contributed by atoms with Gasteiger partial charge in [0.15, 0.2) is 5.78 Å². The van der Waals surface area contributed by atoms with Gasteiger partial charge in [-0.2, -0.15) is 5.26 Å². The number of hydrogen-bond acceptors (Lipinski definition) is 4. The summed E-state index contributed by atoms with van der Waals surface area (Å²) in [5.74, 6) is 1.43. The molecule has 1 fully saturated rings. The predicted molar refractivity (Wildman–Crippen MR) is 107 cm³/mol. The van der Waals surface area contributed by atoms with E-state index >= 15 is 0 Å². The maximum Gasteiger partial charge on any atom is 0.169 e. The first kappa shape index (κ1) is 18.6. The third-order valence-corrected chi connectivity index (χ3v) is 6.03. The summed E-state index contributed by atoms with van der Waals surface area (Å²) in [6.07, 6.45) is 3.22. The highest BCUT2D eigenvalue weighted by Gasteiger charge is 2.41. The fourth-order valence-corrected chi connectivity index (χ4v) is 4.43. The average molecular weight is 394 g/mol. The Morgan fingerprint density at radius 2 is 1.89 bits per heavy atom. The van der Waals surface area contributed by atoms with Gasteiger partial charge in [0.1, 0.15) is 23.3 Å². The van der Waals surface area contributed by atoms with Crippen LogP contribution in [0, 0.1) is 23.2 Å². The molecule has 0 radical (unpaired) electrons. The number of halogens is 1. The second kappa shape index (κ2) is 7.33. The quantitative estimate of drug-likeness (QED) is 0.708. The summed E-state index contributed by atoms with van der Waals surface area (Å²) in [5.41, 5.74) is 2.59. The van der Waals surface area contributed by atoms with Crippen molar-refractivity contribution in [3.63, 3.8) is 0 Å². The maximum absolute atomic E-state index is 12.9. The lowest BCUT2D eigenvalue weighted by atomic mass is 9.81. The molecule has 2 aliphatic carbocycles. The van der Waals surface area contributed by atoms with Crippen LogP contribution in [0.4, 0.5) is 0 Å². The van der Waals surface area contributed by atoms with Crippen LogP contribution in [-0.2, 0) is 11.2 Å². The molecular formula is C23H20ClNO3. The molecule has 0 aliphatic heterocycles. The fourth-order valence-electron chi connectivity index (χ4n) is 4.22. The largest absolute Gasteiger partial charge is 0.511 e. The number of ketones is 1. The van der Waals surface area contributed by atoms with Gasteiger partial charge in [0.2, 0.25) is 0 Å². The summed E-state index contributed by atoms with van der Waals surface area (Å²) in [6, 6.07) is 12.5. The van der Waals surface area contributed by atoms with E-state index in [4.69, 9.17) is 21.6 Å². The average Bonchev–Trinajstić information content (AvgIpc) is 3.14. The van der Waals surface area contributed by atoms with E-state index in [2.05, 4.69) is 0 Å². The number of ether oxygens (including phenoxy) is 1. The number of carbonyl (C=O) groups is 1. The number of rotatable bonds is 4. The monoisotopic (exact) mass is 393 g/mol. The fraction of sp³-hybridized carbons (Fsp3) is 0.304. The van der Waals surface area contributed by atoms with Crippen molar-refractivity contribution in [1.82, 2.24) is 0 Å². The van der Waals surface area contributed by atoms with Gasteiger partial charge in [-0.25, -0.2) is 0 Å². The highest BCUT2D eigenvalue weighted by Crippen LogP contribution is 2.46. The Morgan fingerprint density at radius 1 is 1.18 bits per heavy atom. The van der Waals surface area contributed by atoms with Gasteiger partial charge in [0, 0.05) is 17.9 Å². The number of aryl methyl sites for hydroxylation is 1. The normalized spacial score (nSPS) is 21.0. The molecule has 2 atom stereocenters. The number of Topliss-reactive ketones (excluding diaryl/α,β-unsaturated/α-hetero) is 1. The second-order valence-corrected chi connectivity index (χ2v) is 7.77. The Labute approximate surface area is 169 Å². The first-order chi connectivity index (χ1) is 13.5. The zero-order valence-corrected chi connectivity index (χ0v) is 16.3. The van der Waals surface area contributed by atoms with E-state index in [0.717, 1.165) is 36.8 Å². The van der Waals surface area contributed by atoms with E-state index in [-0.39, 0.29) is 23.4 Å². The van der Waals surface area contributed by atoms with Crippen molar-refractivity contribution >= 4 is 23.0 Å². The first-order valence-corrected chi connectivity index (χ1v) is 9.87. The van der Waals surface area contributed by atoms with Gasteiger partial charge in [0.05, 0.1) is 16.2 Å². The minimum absolute atomic E-state index is 0.0162. The molecule has 0 saturated heterocycles. The van der Waals surface area contributed by atoms with Crippen LogP contribution in [0.5, 0.6) is 11.5 Å².